The van der Waals surface area contributed by atoms with E-state index in [1.807, 2.05) is 0 Å². The molecule has 0 bridgehead atoms. The van der Waals surface area contributed by atoms with Gasteiger partial charge in [0.1, 0.15) is 0 Å². The number of carboxylic acids is 1. The summed E-state index contributed by atoms with van der Waals surface area (Å²) in [4.78, 5) is 37.7. The number of rotatable bonds is 3. The molecule has 8 heteroatoms. The Labute approximate surface area is 121 Å². The number of nitrogens with zero attached hydrogens (tertiary/aromatic N) is 2. The molecule has 0 radical (unpaired) electrons. The third-order valence-corrected chi connectivity index (χ3v) is 4.84. The molecule has 3 amide bonds. The van der Waals surface area contributed by atoms with E-state index in [9.17, 15) is 14.4 Å². The van der Waals surface area contributed by atoms with Crippen LogP contribution in [0.4, 0.5) is 4.79 Å². The van der Waals surface area contributed by atoms with Crippen LogP contribution < -0.4 is 5.73 Å². The Balaban J connectivity index is 1.99. The second kappa shape index (κ2) is 6.34. The Kier molecular flexibility index (Phi) is 4.74. The Morgan fingerprint density at radius 1 is 1.30 bits per heavy atom. The molecule has 2 heterocycles. The van der Waals surface area contributed by atoms with Crippen LogP contribution in [-0.2, 0) is 9.59 Å². The molecule has 0 saturated carbocycles. The maximum absolute atomic E-state index is 12.5. The van der Waals surface area contributed by atoms with Crippen molar-refractivity contribution in [3.05, 3.63) is 0 Å². The zero-order valence-corrected chi connectivity index (χ0v) is 12.0. The molecular weight excluding hydrogens is 282 g/mol. The fourth-order valence-electron chi connectivity index (χ4n) is 2.63. The number of hydrogen-bond acceptors (Lipinski definition) is 4. The number of carboxylic acid groups (broad SMARTS) is 1. The van der Waals surface area contributed by atoms with Crippen molar-refractivity contribution < 1.29 is 19.5 Å². The number of aliphatic carboxylic acids is 1. The van der Waals surface area contributed by atoms with Crippen molar-refractivity contribution in [1.82, 2.24) is 9.80 Å². The van der Waals surface area contributed by atoms with Gasteiger partial charge in [-0.1, -0.05) is 0 Å². The van der Waals surface area contributed by atoms with Crippen molar-refractivity contribution in [1.29, 1.82) is 0 Å². The van der Waals surface area contributed by atoms with Crippen molar-refractivity contribution >= 4 is 29.7 Å². The van der Waals surface area contributed by atoms with Gasteiger partial charge in [0, 0.05) is 31.1 Å². The van der Waals surface area contributed by atoms with Gasteiger partial charge in [0.25, 0.3) is 0 Å². The fourth-order valence-corrected chi connectivity index (χ4v) is 3.69. The smallest absolute Gasteiger partial charge is 0.320 e. The lowest BCUT2D eigenvalue weighted by Crippen LogP contribution is -2.52. The zero-order chi connectivity index (χ0) is 14.7. The summed E-state index contributed by atoms with van der Waals surface area (Å²) in [6, 6.07) is -0.438. The van der Waals surface area contributed by atoms with E-state index in [1.54, 1.807) is 21.6 Å². The lowest BCUT2D eigenvalue weighted by molar-refractivity contribution is -0.138. The molecule has 0 aromatic carbocycles. The summed E-state index contributed by atoms with van der Waals surface area (Å²) < 4.78 is 0. The van der Waals surface area contributed by atoms with Crippen LogP contribution in [0, 0.1) is 5.92 Å². The van der Waals surface area contributed by atoms with Crippen molar-refractivity contribution in [3.63, 3.8) is 0 Å². The SMILES string of the molecule is NC(=O)C1CCN(C(=O)N2CCSCC2CC(=O)O)C1. The van der Waals surface area contributed by atoms with E-state index in [1.165, 1.54) is 0 Å². The Morgan fingerprint density at radius 3 is 2.65 bits per heavy atom. The minimum atomic E-state index is -0.897. The normalized spacial score (nSPS) is 26.6. The molecule has 2 rings (SSSR count). The number of nitrogens with two attached hydrogens (primary N) is 1. The average Bonchev–Trinajstić information content (AvgIpc) is 2.87. The van der Waals surface area contributed by atoms with Crippen molar-refractivity contribution in [3.8, 4) is 0 Å². The summed E-state index contributed by atoms with van der Waals surface area (Å²) in [6.07, 6.45) is 0.555. The Bertz CT molecular complexity index is 418. The maximum Gasteiger partial charge on any atom is 0.320 e. The van der Waals surface area contributed by atoms with Gasteiger partial charge in [-0.05, 0) is 6.42 Å². The monoisotopic (exact) mass is 301 g/mol. The van der Waals surface area contributed by atoms with Gasteiger partial charge in [-0.25, -0.2) is 4.79 Å². The highest BCUT2D eigenvalue weighted by molar-refractivity contribution is 7.99. The molecule has 2 aliphatic rings. The van der Waals surface area contributed by atoms with Crippen LogP contribution in [0.25, 0.3) is 0 Å². The number of carbonyl (C=O) groups is 3. The lowest BCUT2D eigenvalue weighted by atomic mass is 10.1. The van der Waals surface area contributed by atoms with Crippen molar-refractivity contribution in [2.24, 2.45) is 11.7 Å². The lowest BCUT2D eigenvalue weighted by Gasteiger charge is -2.37. The van der Waals surface area contributed by atoms with Crippen LogP contribution in [0.5, 0.6) is 0 Å². The molecule has 0 aromatic heterocycles. The topological polar surface area (TPSA) is 104 Å². The quantitative estimate of drug-likeness (QED) is 0.751. The average molecular weight is 301 g/mol. The molecule has 112 valence electrons. The maximum atomic E-state index is 12.5. The first-order valence-corrected chi connectivity index (χ1v) is 7.79. The second-order valence-corrected chi connectivity index (χ2v) is 6.29. The number of primary amides is 1. The van der Waals surface area contributed by atoms with E-state index in [-0.39, 0.29) is 30.3 Å². The summed E-state index contributed by atoms with van der Waals surface area (Å²) in [5.74, 6) is -0.0977. The van der Waals surface area contributed by atoms with Crippen LogP contribution >= 0.6 is 11.8 Å². The van der Waals surface area contributed by atoms with Gasteiger partial charge in [0.15, 0.2) is 0 Å². The molecule has 0 spiro atoms. The highest BCUT2D eigenvalue weighted by Gasteiger charge is 2.36. The molecule has 2 unspecified atom stereocenters. The molecule has 2 saturated heterocycles. The standard InChI is InChI=1S/C12H19N3O4S/c13-11(18)8-1-2-14(6-8)12(19)15-3-4-20-7-9(15)5-10(16)17/h8-9H,1-7H2,(H2,13,18)(H,16,17). The summed E-state index contributed by atoms with van der Waals surface area (Å²) >= 11 is 1.66. The summed E-state index contributed by atoms with van der Waals surface area (Å²) in [6.45, 7) is 1.41. The molecule has 3 N–H and O–H groups in total. The van der Waals surface area contributed by atoms with Gasteiger partial charge in [-0.2, -0.15) is 11.8 Å². The van der Waals surface area contributed by atoms with E-state index in [2.05, 4.69) is 0 Å². The number of likely N-dealkylation sites (tertiary alicyclic amines) is 1. The predicted molar refractivity (Wildman–Crippen MR) is 74.3 cm³/mol. The highest BCUT2D eigenvalue weighted by atomic mass is 32.2. The first-order valence-electron chi connectivity index (χ1n) is 6.63. The van der Waals surface area contributed by atoms with E-state index in [4.69, 9.17) is 10.8 Å². The van der Waals surface area contributed by atoms with Gasteiger partial charge >= 0.3 is 12.0 Å². The molecule has 20 heavy (non-hydrogen) atoms. The van der Waals surface area contributed by atoms with Gasteiger partial charge < -0.3 is 20.6 Å². The third kappa shape index (κ3) is 3.36. The number of carbonyl (C=O) groups excluding carboxylic acids is 2. The highest BCUT2D eigenvalue weighted by Crippen LogP contribution is 2.23. The number of thioether (sulfide) groups is 1. The first kappa shape index (κ1) is 15.0. The molecule has 2 fully saturated rings. The summed E-state index contributed by atoms with van der Waals surface area (Å²) in [7, 11) is 0. The molecule has 2 aliphatic heterocycles. The van der Waals surface area contributed by atoms with E-state index >= 15 is 0 Å². The van der Waals surface area contributed by atoms with E-state index < -0.39 is 5.97 Å². The minimum absolute atomic E-state index is 0.0359. The summed E-state index contributed by atoms with van der Waals surface area (Å²) in [5.41, 5.74) is 5.26. The van der Waals surface area contributed by atoms with Gasteiger partial charge in [0.05, 0.1) is 18.4 Å². The minimum Gasteiger partial charge on any atom is -0.481 e. The Hall–Kier alpha value is -1.44. The number of urea groups is 1. The fraction of sp³-hybridized carbons (Fsp3) is 0.750. The second-order valence-electron chi connectivity index (χ2n) is 5.14. The van der Waals surface area contributed by atoms with Crippen LogP contribution in [0.2, 0.25) is 0 Å². The molecular formula is C12H19N3O4S. The van der Waals surface area contributed by atoms with Crippen molar-refractivity contribution in [2.75, 3.05) is 31.1 Å². The van der Waals surface area contributed by atoms with Gasteiger partial charge in [-0.3, -0.25) is 9.59 Å². The van der Waals surface area contributed by atoms with E-state index in [0.717, 1.165) is 5.75 Å². The molecule has 2 atom stereocenters. The molecule has 7 nitrogen and oxygen atoms in total. The number of hydrogen-bond donors (Lipinski definition) is 2. The van der Waals surface area contributed by atoms with Crippen LogP contribution in [-0.4, -0.2) is 70.0 Å². The molecule has 0 aromatic rings. The molecule has 0 aliphatic carbocycles. The van der Waals surface area contributed by atoms with Crippen LogP contribution in [0.15, 0.2) is 0 Å². The largest absolute Gasteiger partial charge is 0.481 e. The number of amides is 3. The third-order valence-electron chi connectivity index (χ3n) is 3.74. The predicted octanol–water partition coefficient (Wildman–Crippen LogP) is -0.194. The first-order chi connectivity index (χ1) is 9.49. The van der Waals surface area contributed by atoms with Crippen LogP contribution in [0.3, 0.4) is 0 Å². The van der Waals surface area contributed by atoms with Crippen LogP contribution in [0.1, 0.15) is 12.8 Å². The van der Waals surface area contributed by atoms with Gasteiger partial charge in [-0.15, -0.1) is 0 Å². The van der Waals surface area contributed by atoms with E-state index in [0.29, 0.717) is 31.8 Å². The zero-order valence-electron chi connectivity index (χ0n) is 11.2. The van der Waals surface area contributed by atoms with Gasteiger partial charge in [0.2, 0.25) is 5.91 Å². The Morgan fingerprint density at radius 2 is 2.05 bits per heavy atom. The van der Waals surface area contributed by atoms with Crippen molar-refractivity contribution in [2.45, 2.75) is 18.9 Å². The summed E-state index contributed by atoms with van der Waals surface area (Å²) in [5, 5.41) is 8.92.